The number of allylic oxidation sites excluding steroid dienone is 1. The summed E-state index contributed by atoms with van der Waals surface area (Å²) in [5.41, 5.74) is 6.31. The predicted molar refractivity (Wildman–Crippen MR) is 172 cm³/mol. The highest BCUT2D eigenvalue weighted by Crippen LogP contribution is 2.57. The van der Waals surface area contributed by atoms with Gasteiger partial charge in [0.05, 0.1) is 31.5 Å². The van der Waals surface area contributed by atoms with Crippen molar-refractivity contribution in [2.24, 2.45) is 23.7 Å². The van der Waals surface area contributed by atoms with Gasteiger partial charge in [-0.05, 0) is 97.9 Å². The molecule has 1 fully saturated rings. The van der Waals surface area contributed by atoms with E-state index in [1.807, 2.05) is 13.2 Å². The monoisotopic (exact) mass is 583 g/mol. The molecule has 0 unspecified atom stereocenters. The first-order valence-electron chi connectivity index (χ1n) is 15.9. The van der Waals surface area contributed by atoms with Gasteiger partial charge in [0.2, 0.25) is 6.79 Å². The molecule has 1 saturated carbocycles. The number of fused-ring (bicyclic) bond motifs is 7. The van der Waals surface area contributed by atoms with Gasteiger partial charge in [0, 0.05) is 30.7 Å². The topological polar surface area (TPSA) is 49.4 Å². The summed E-state index contributed by atoms with van der Waals surface area (Å²) in [5, 5.41) is 2.33. The standard InChI is InChI=1S/C37H45NO5/c1-21(2)24-14-15-37(3,41-7)29-12-8-22(16-28(24)29)17-30-34-25(11-13-31(39-5)36(34)40-6)26-10-9-23-18-32-33(43-20-42-32)19-27(23)35(26)38(30)4/h9-11,13,16,18-19,21,24,28-30H,8,12,14-15,17,20H2,1-7H3/t24-,28+,29+,30-,37-/m0/s1. The highest BCUT2D eigenvalue weighted by atomic mass is 16.7. The third-order valence-corrected chi connectivity index (χ3v) is 11.2. The molecular weight excluding hydrogens is 538 g/mol. The van der Waals surface area contributed by atoms with Crippen LogP contribution in [0.1, 0.15) is 64.5 Å². The highest BCUT2D eigenvalue weighted by Gasteiger charge is 2.48. The molecule has 3 aromatic carbocycles. The maximum absolute atomic E-state index is 6.21. The number of methoxy groups -OCH3 is 3. The fraction of sp³-hybridized carbons (Fsp3) is 0.514. The first-order chi connectivity index (χ1) is 20.8. The Bertz CT molecular complexity index is 1590. The molecule has 7 rings (SSSR count). The van der Waals surface area contributed by atoms with Gasteiger partial charge in [-0.1, -0.05) is 37.6 Å². The molecule has 2 aliphatic carbocycles. The molecule has 228 valence electrons. The van der Waals surface area contributed by atoms with Crippen LogP contribution in [0, 0.1) is 23.7 Å². The van der Waals surface area contributed by atoms with Crippen LogP contribution in [0.3, 0.4) is 0 Å². The summed E-state index contributed by atoms with van der Waals surface area (Å²) in [4.78, 5) is 2.47. The van der Waals surface area contributed by atoms with E-state index >= 15 is 0 Å². The largest absolute Gasteiger partial charge is 0.493 e. The lowest BCUT2D eigenvalue weighted by atomic mass is 9.58. The predicted octanol–water partition coefficient (Wildman–Crippen LogP) is 8.56. The summed E-state index contributed by atoms with van der Waals surface area (Å²) in [6.45, 7) is 7.40. The van der Waals surface area contributed by atoms with Crippen molar-refractivity contribution in [3.8, 4) is 34.1 Å². The quantitative estimate of drug-likeness (QED) is 0.271. The third kappa shape index (κ3) is 4.39. The zero-order valence-corrected chi connectivity index (χ0v) is 26.7. The Labute approximate surface area is 255 Å². The summed E-state index contributed by atoms with van der Waals surface area (Å²) >= 11 is 0. The van der Waals surface area contributed by atoms with E-state index in [2.05, 4.69) is 69.1 Å². The summed E-state index contributed by atoms with van der Waals surface area (Å²) in [6.07, 6.45) is 8.23. The first-order valence-corrected chi connectivity index (χ1v) is 15.9. The minimum Gasteiger partial charge on any atom is -0.493 e. The van der Waals surface area contributed by atoms with Crippen molar-refractivity contribution < 1.29 is 23.7 Å². The maximum atomic E-state index is 6.21. The lowest BCUT2D eigenvalue weighted by Gasteiger charge is -2.51. The van der Waals surface area contributed by atoms with Crippen LogP contribution in [0.5, 0.6) is 23.0 Å². The Kier molecular flexibility index (Phi) is 7.04. The number of anilines is 1. The van der Waals surface area contributed by atoms with Gasteiger partial charge in [-0.15, -0.1) is 0 Å². The van der Waals surface area contributed by atoms with E-state index in [1.165, 1.54) is 40.6 Å². The van der Waals surface area contributed by atoms with E-state index in [9.17, 15) is 0 Å². The molecule has 2 heterocycles. The van der Waals surface area contributed by atoms with Crippen molar-refractivity contribution in [3.05, 3.63) is 53.6 Å². The zero-order chi connectivity index (χ0) is 30.0. The molecule has 43 heavy (non-hydrogen) atoms. The molecule has 0 saturated heterocycles. The molecule has 0 aromatic heterocycles. The number of rotatable bonds is 6. The van der Waals surface area contributed by atoms with Crippen molar-refractivity contribution >= 4 is 16.5 Å². The van der Waals surface area contributed by atoms with E-state index in [1.54, 1.807) is 19.8 Å². The fourth-order valence-corrected chi connectivity index (χ4v) is 8.82. The lowest BCUT2D eigenvalue weighted by Crippen LogP contribution is -2.49. The Morgan fingerprint density at radius 3 is 2.47 bits per heavy atom. The van der Waals surface area contributed by atoms with Crippen molar-refractivity contribution in [2.45, 2.75) is 64.5 Å². The minimum atomic E-state index is -0.0488. The Morgan fingerprint density at radius 1 is 0.977 bits per heavy atom. The van der Waals surface area contributed by atoms with Gasteiger partial charge in [-0.3, -0.25) is 0 Å². The molecular formula is C37H45NO5. The van der Waals surface area contributed by atoms with Gasteiger partial charge >= 0.3 is 0 Å². The normalized spacial score (nSPS) is 27.4. The molecule has 0 N–H and O–H groups in total. The smallest absolute Gasteiger partial charge is 0.231 e. The number of ether oxygens (including phenoxy) is 5. The van der Waals surface area contributed by atoms with Crippen molar-refractivity contribution in [2.75, 3.05) is 40.1 Å². The number of hydrogen-bond donors (Lipinski definition) is 0. The molecule has 5 atom stereocenters. The van der Waals surface area contributed by atoms with Crippen LogP contribution in [0.4, 0.5) is 5.69 Å². The van der Waals surface area contributed by atoms with Crippen molar-refractivity contribution in [3.63, 3.8) is 0 Å². The second-order valence-corrected chi connectivity index (χ2v) is 13.5. The molecule has 6 nitrogen and oxygen atoms in total. The van der Waals surface area contributed by atoms with E-state index in [0.29, 0.717) is 23.7 Å². The van der Waals surface area contributed by atoms with Gasteiger partial charge < -0.3 is 28.6 Å². The van der Waals surface area contributed by atoms with Crippen LogP contribution in [0.15, 0.2) is 48.0 Å². The molecule has 0 spiro atoms. The van der Waals surface area contributed by atoms with E-state index in [0.717, 1.165) is 47.6 Å². The first kappa shape index (κ1) is 28.4. The summed E-state index contributed by atoms with van der Waals surface area (Å²) in [5.74, 6) is 5.65. The van der Waals surface area contributed by atoms with Gasteiger partial charge in [-0.2, -0.15) is 0 Å². The molecule has 0 radical (unpaired) electrons. The lowest BCUT2D eigenvalue weighted by molar-refractivity contribution is -0.108. The van der Waals surface area contributed by atoms with Crippen molar-refractivity contribution in [1.82, 2.24) is 0 Å². The van der Waals surface area contributed by atoms with E-state index < -0.39 is 0 Å². The van der Waals surface area contributed by atoms with E-state index in [4.69, 9.17) is 23.7 Å². The fourth-order valence-electron chi connectivity index (χ4n) is 8.82. The van der Waals surface area contributed by atoms with Gasteiger partial charge in [0.1, 0.15) is 0 Å². The second-order valence-electron chi connectivity index (χ2n) is 13.5. The minimum absolute atomic E-state index is 0.0488. The maximum Gasteiger partial charge on any atom is 0.231 e. The van der Waals surface area contributed by atoms with Gasteiger partial charge in [-0.25, -0.2) is 0 Å². The molecule has 4 aliphatic rings. The summed E-state index contributed by atoms with van der Waals surface area (Å²) in [6, 6.07) is 13.0. The molecule has 6 heteroatoms. The Morgan fingerprint density at radius 2 is 1.74 bits per heavy atom. The van der Waals surface area contributed by atoms with Crippen molar-refractivity contribution in [1.29, 1.82) is 0 Å². The van der Waals surface area contributed by atoms with Gasteiger partial charge in [0.15, 0.2) is 23.0 Å². The van der Waals surface area contributed by atoms with Gasteiger partial charge in [0.25, 0.3) is 0 Å². The van der Waals surface area contributed by atoms with Crippen LogP contribution in [0.25, 0.3) is 21.9 Å². The number of hydrogen-bond acceptors (Lipinski definition) is 6. The number of benzene rings is 3. The molecule has 0 amide bonds. The van der Waals surface area contributed by atoms with Crippen LogP contribution >= 0.6 is 0 Å². The van der Waals surface area contributed by atoms with E-state index in [-0.39, 0.29) is 18.4 Å². The van der Waals surface area contributed by atoms with Crippen LogP contribution in [-0.2, 0) is 4.74 Å². The third-order valence-electron chi connectivity index (χ3n) is 11.2. The highest BCUT2D eigenvalue weighted by molar-refractivity contribution is 6.05. The average Bonchev–Trinajstić information content (AvgIpc) is 3.48. The average molecular weight is 584 g/mol. The van der Waals surface area contributed by atoms with Crippen LogP contribution < -0.4 is 23.8 Å². The SMILES string of the molecule is COc1ccc2c(c1OC)[C@H](CC1=C[C@H]3[C@@H](CC1)[C@@](C)(OC)CC[C@H]3C(C)C)N(C)c1c-2ccc2cc3c(cc12)OCO3. The Hall–Kier alpha value is -3.38. The second kappa shape index (κ2) is 10.7. The molecule has 2 aliphatic heterocycles. The Balaban J connectivity index is 1.36. The van der Waals surface area contributed by atoms with Crippen LogP contribution in [0.2, 0.25) is 0 Å². The molecule has 0 bridgehead atoms. The summed E-state index contributed by atoms with van der Waals surface area (Å²) in [7, 11) is 7.63. The number of nitrogens with zero attached hydrogens (tertiary/aromatic N) is 1. The van der Waals surface area contributed by atoms with Crippen LogP contribution in [-0.4, -0.2) is 40.8 Å². The zero-order valence-electron chi connectivity index (χ0n) is 26.7. The molecule has 3 aromatic rings. The summed E-state index contributed by atoms with van der Waals surface area (Å²) < 4.78 is 29.7.